The van der Waals surface area contributed by atoms with E-state index in [1.54, 1.807) is 0 Å². The monoisotopic (exact) mass is 296 g/mol. The third kappa shape index (κ3) is 5.33. The second kappa shape index (κ2) is 8.75. The molecule has 110 valence electrons. The second-order valence-corrected chi connectivity index (χ2v) is 5.34. The van der Waals surface area contributed by atoms with Crippen LogP contribution in [0.2, 0.25) is 0 Å². The standard InChI is InChI=1S/C16H21ClO3/c1-2-3-8-12-11-14(17)16(20)13(12)9-6-4-5-7-10-15(18)19/h4,6,9,11-12H,2-3,5,7-8,10H2,1H3,(H,18,19). The zero-order valence-corrected chi connectivity index (χ0v) is 12.5. The number of hydrogen-bond donors (Lipinski definition) is 1. The van der Waals surface area contributed by atoms with E-state index >= 15 is 0 Å². The number of ketones is 1. The van der Waals surface area contributed by atoms with Crippen LogP contribution in [0.15, 0.2) is 34.9 Å². The summed E-state index contributed by atoms with van der Waals surface area (Å²) < 4.78 is 0. The van der Waals surface area contributed by atoms with Crippen molar-refractivity contribution in [3.05, 3.63) is 34.9 Å². The molecule has 0 heterocycles. The Morgan fingerprint density at radius 1 is 1.45 bits per heavy atom. The molecule has 1 unspecified atom stereocenters. The molecular weight excluding hydrogens is 276 g/mol. The molecule has 0 aromatic carbocycles. The van der Waals surface area contributed by atoms with Crippen molar-refractivity contribution < 1.29 is 14.7 Å². The predicted molar refractivity (Wildman–Crippen MR) is 80.7 cm³/mol. The van der Waals surface area contributed by atoms with Gasteiger partial charge in [-0.1, -0.05) is 55.7 Å². The minimum absolute atomic E-state index is 0.0806. The molecule has 0 aromatic rings. The molecule has 1 aliphatic carbocycles. The van der Waals surface area contributed by atoms with E-state index in [0.29, 0.717) is 17.9 Å². The molecule has 3 nitrogen and oxygen atoms in total. The van der Waals surface area contributed by atoms with Crippen LogP contribution in [0.25, 0.3) is 0 Å². The fraction of sp³-hybridized carbons (Fsp3) is 0.500. The predicted octanol–water partition coefficient (Wildman–Crippen LogP) is 4.24. The molecule has 1 aliphatic rings. The maximum atomic E-state index is 11.9. The molecule has 4 heteroatoms. The highest BCUT2D eigenvalue weighted by molar-refractivity contribution is 6.46. The highest BCUT2D eigenvalue weighted by Gasteiger charge is 2.27. The lowest BCUT2D eigenvalue weighted by atomic mass is 9.95. The van der Waals surface area contributed by atoms with Gasteiger partial charge >= 0.3 is 5.97 Å². The Bertz CT molecular complexity index is 447. The number of aliphatic carboxylic acids is 1. The Labute approximate surface area is 125 Å². The molecule has 0 amide bonds. The number of unbranched alkanes of at least 4 members (excludes halogenated alkanes) is 2. The number of Topliss-reactive ketones (excluding diaryl/α,β-unsaturated/α-hetero) is 1. The lowest BCUT2D eigenvalue weighted by Crippen LogP contribution is -2.03. The van der Waals surface area contributed by atoms with E-state index < -0.39 is 5.97 Å². The van der Waals surface area contributed by atoms with Gasteiger partial charge < -0.3 is 5.11 Å². The molecule has 0 saturated heterocycles. The summed E-state index contributed by atoms with van der Waals surface area (Å²) in [5.74, 6) is -0.736. The first-order valence-corrected chi connectivity index (χ1v) is 7.44. The third-order valence-electron chi connectivity index (χ3n) is 3.27. The van der Waals surface area contributed by atoms with Crippen LogP contribution in [0, 0.1) is 5.92 Å². The number of carbonyl (C=O) groups excluding carboxylic acids is 1. The van der Waals surface area contributed by atoms with Crippen molar-refractivity contribution in [1.29, 1.82) is 0 Å². The largest absolute Gasteiger partial charge is 0.481 e. The summed E-state index contributed by atoms with van der Waals surface area (Å²) in [5.41, 5.74) is 0.748. The van der Waals surface area contributed by atoms with Crippen LogP contribution in [-0.2, 0) is 9.59 Å². The number of hydrogen-bond acceptors (Lipinski definition) is 2. The van der Waals surface area contributed by atoms with E-state index in [4.69, 9.17) is 16.7 Å². The molecular formula is C16H21ClO3. The minimum atomic E-state index is -0.779. The highest BCUT2D eigenvalue weighted by Crippen LogP contribution is 2.32. The number of carboxylic acids is 1. The van der Waals surface area contributed by atoms with E-state index in [1.807, 2.05) is 24.3 Å². The van der Waals surface area contributed by atoms with E-state index in [0.717, 1.165) is 24.8 Å². The normalized spacial score (nSPS) is 20.9. The van der Waals surface area contributed by atoms with Gasteiger partial charge in [-0.05, 0) is 19.3 Å². The summed E-state index contributed by atoms with van der Waals surface area (Å²) in [7, 11) is 0. The van der Waals surface area contributed by atoms with Gasteiger partial charge in [-0.25, -0.2) is 0 Å². The zero-order chi connectivity index (χ0) is 15.0. The number of carboxylic acid groups (broad SMARTS) is 1. The second-order valence-electron chi connectivity index (χ2n) is 4.93. The van der Waals surface area contributed by atoms with Gasteiger partial charge in [0.25, 0.3) is 0 Å². The molecule has 1 N–H and O–H groups in total. The number of allylic oxidation sites excluding steroid dienone is 6. The quantitative estimate of drug-likeness (QED) is 0.538. The van der Waals surface area contributed by atoms with Gasteiger partial charge in [-0.3, -0.25) is 9.59 Å². The Morgan fingerprint density at radius 2 is 2.20 bits per heavy atom. The minimum Gasteiger partial charge on any atom is -0.481 e. The third-order valence-corrected chi connectivity index (χ3v) is 3.57. The smallest absolute Gasteiger partial charge is 0.303 e. The Kier molecular flexibility index (Phi) is 7.31. The lowest BCUT2D eigenvalue weighted by molar-refractivity contribution is -0.137. The average Bonchev–Trinajstić information content (AvgIpc) is 2.67. The van der Waals surface area contributed by atoms with Gasteiger partial charge in [0.15, 0.2) is 0 Å². The average molecular weight is 297 g/mol. The van der Waals surface area contributed by atoms with Crippen molar-refractivity contribution >= 4 is 23.4 Å². The first-order valence-electron chi connectivity index (χ1n) is 7.06. The molecule has 0 aliphatic heterocycles. The van der Waals surface area contributed by atoms with Crippen LogP contribution < -0.4 is 0 Å². The summed E-state index contributed by atoms with van der Waals surface area (Å²) in [4.78, 5) is 22.3. The molecule has 20 heavy (non-hydrogen) atoms. The van der Waals surface area contributed by atoms with Gasteiger partial charge in [-0.15, -0.1) is 0 Å². The van der Waals surface area contributed by atoms with Crippen molar-refractivity contribution in [2.45, 2.75) is 45.4 Å². The molecule has 0 radical (unpaired) electrons. The van der Waals surface area contributed by atoms with Crippen LogP contribution in [0.3, 0.4) is 0 Å². The van der Waals surface area contributed by atoms with Gasteiger partial charge in [0.05, 0.1) is 5.03 Å². The molecule has 0 fully saturated rings. The van der Waals surface area contributed by atoms with Gasteiger partial charge in [-0.2, -0.15) is 0 Å². The molecule has 1 rings (SSSR count). The first kappa shape index (κ1) is 16.7. The first-order chi connectivity index (χ1) is 9.56. The maximum absolute atomic E-state index is 11.9. The maximum Gasteiger partial charge on any atom is 0.303 e. The summed E-state index contributed by atoms with van der Waals surface area (Å²) in [6.45, 7) is 2.12. The highest BCUT2D eigenvalue weighted by atomic mass is 35.5. The fourth-order valence-corrected chi connectivity index (χ4v) is 2.41. The van der Waals surface area contributed by atoms with E-state index in [2.05, 4.69) is 6.92 Å². The fourth-order valence-electron chi connectivity index (χ4n) is 2.15. The van der Waals surface area contributed by atoms with Crippen molar-refractivity contribution in [2.75, 3.05) is 0 Å². The summed E-state index contributed by atoms with van der Waals surface area (Å²) in [6, 6.07) is 0. The Morgan fingerprint density at radius 3 is 2.85 bits per heavy atom. The van der Waals surface area contributed by atoms with Crippen LogP contribution in [0.4, 0.5) is 0 Å². The van der Waals surface area contributed by atoms with E-state index in [-0.39, 0.29) is 18.1 Å². The van der Waals surface area contributed by atoms with Crippen molar-refractivity contribution in [3.63, 3.8) is 0 Å². The Balaban J connectivity index is 2.53. The molecule has 0 saturated carbocycles. The summed E-state index contributed by atoms with van der Waals surface area (Å²) >= 11 is 5.91. The molecule has 0 bridgehead atoms. The summed E-state index contributed by atoms with van der Waals surface area (Å²) in [5, 5.41) is 8.84. The van der Waals surface area contributed by atoms with Crippen LogP contribution >= 0.6 is 11.6 Å². The van der Waals surface area contributed by atoms with Crippen molar-refractivity contribution in [2.24, 2.45) is 5.92 Å². The number of rotatable bonds is 8. The molecule has 0 aromatic heterocycles. The van der Waals surface area contributed by atoms with Crippen molar-refractivity contribution in [1.82, 2.24) is 0 Å². The molecule has 1 atom stereocenters. The Hall–Kier alpha value is -1.35. The van der Waals surface area contributed by atoms with Crippen LogP contribution in [0.5, 0.6) is 0 Å². The zero-order valence-electron chi connectivity index (χ0n) is 11.8. The van der Waals surface area contributed by atoms with Gasteiger partial charge in [0.1, 0.15) is 0 Å². The van der Waals surface area contributed by atoms with Crippen LogP contribution in [0.1, 0.15) is 45.4 Å². The molecule has 0 spiro atoms. The van der Waals surface area contributed by atoms with Gasteiger partial charge in [0.2, 0.25) is 5.78 Å². The van der Waals surface area contributed by atoms with Gasteiger partial charge in [0, 0.05) is 17.9 Å². The van der Waals surface area contributed by atoms with E-state index in [9.17, 15) is 9.59 Å². The topological polar surface area (TPSA) is 54.4 Å². The SMILES string of the molecule is CCCCC1C=C(Cl)C(=O)C1=CC=CCCCC(=O)O. The number of carbonyl (C=O) groups is 2. The number of halogens is 1. The lowest BCUT2D eigenvalue weighted by Gasteiger charge is -2.07. The van der Waals surface area contributed by atoms with Crippen LogP contribution in [-0.4, -0.2) is 16.9 Å². The summed E-state index contributed by atoms with van der Waals surface area (Å²) in [6.07, 6.45) is 12.0. The van der Waals surface area contributed by atoms with Crippen molar-refractivity contribution in [3.8, 4) is 0 Å². The van der Waals surface area contributed by atoms with E-state index in [1.165, 1.54) is 0 Å².